The molecule has 29 heavy (non-hydrogen) atoms. The molecule has 1 aliphatic rings. The molecule has 0 saturated heterocycles. The highest BCUT2D eigenvalue weighted by atomic mass is 32.2. The van der Waals surface area contributed by atoms with Crippen molar-refractivity contribution in [3.8, 4) is 0 Å². The Hall–Kier alpha value is -2.14. The predicted molar refractivity (Wildman–Crippen MR) is 120 cm³/mol. The van der Waals surface area contributed by atoms with Crippen LogP contribution in [0.25, 0.3) is 0 Å². The Labute approximate surface area is 175 Å². The Kier molecular flexibility index (Phi) is 7.48. The fraction of sp³-hybridized carbons (Fsp3) is 0.458. The van der Waals surface area contributed by atoms with Gasteiger partial charge in [-0.2, -0.15) is 17.9 Å². The van der Waals surface area contributed by atoms with Gasteiger partial charge in [-0.3, -0.25) is 0 Å². The molecular formula is C24H32N2O2S. The first-order valence-corrected chi connectivity index (χ1v) is 12.3. The van der Waals surface area contributed by atoms with Crippen molar-refractivity contribution in [1.82, 2.24) is 4.41 Å². The van der Waals surface area contributed by atoms with Gasteiger partial charge in [-0.15, -0.1) is 0 Å². The Bertz CT molecular complexity index is 916. The van der Waals surface area contributed by atoms with Gasteiger partial charge < -0.3 is 0 Å². The van der Waals surface area contributed by atoms with Crippen LogP contribution >= 0.6 is 0 Å². The van der Waals surface area contributed by atoms with Gasteiger partial charge in [0.25, 0.3) is 10.0 Å². The van der Waals surface area contributed by atoms with Crippen molar-refractivity contribution in [3.63, 3.8) is 0 Å². The summed E-state index contributed by atoms with van der Waals surface area (Å²) in [5.41, 5.74) is 4.36. The summed E-state index contributed by atoms with van der Waals surface area (Å²) in [7, 11) is -3.61. The van der Waals surface area contributed by atoms with E-state index in [1.165, 1.54) is 28.4 Å². The van der Waals surface area contributed by atoms with Crippen LogP contribution in [-0.4, -0.2) is 25.1 Å². The third-order valence-corrected chi connectivity index (χ3v) is 7.11. The summed E-state index contributed by atoms with van der Waals surface area (Å²) in [5.74, 6) is 0. The van der Waals surface area contributed by atoms with Crippen LogP contribution in [0.1, 0.15) is 69.1 Å². The third kappa shape index (κ3) is 5.47. The molecule has 0 unspecified atom stereocenters. The number of benzene rings is 2. The van der Waals surface area contributed by atoms with E-state index in [0.717, 1.165) is 49.8 Å². The number of aryl methyl sites for hydroxylation is 2. The lowest BCUT2D eigenvalue weighted by Gasteiger charge is -2.25. The summed E-state index contributed by atoms with van der Waals surface area (Å²) >= 11 is 0. The fourth-order valence-corrected chi connectivity index (χ4v) is 4.87. The molecule has 0 atom stereocenters. The molecule has 0 fully saturated rings. The first-order valence-electron chi connectivity index (χ1n) is 10.8. The second kappa shape index (κ2) is 10.1. The molecule has 0 N–H and O–H groups in total. The summed E-state index contributed by atoms with van der Waals surface area (Å²) in [6, 6.07) is 15.7. The van der Waals surface area contributed by atoms with Crippen LogP contribution in [-0.2, 0) is 22.9 Å². The molecule has 0 aliphatic carbocycles. The molecule has 2 aromatic carbocycles. The monoisotopic (exact) mass is 412 g/mol. The lowest BCUT2D eigenvalue weighted by Crippen LogP contribution is -2.32. The van der Waals surface area contributed by atoms with Gasteiger partial charge in [0.2, 0.25) is 0 Å². The molecule has 2 aromatic rings. The minimum absolute atomic E-state index is 0.317. The second-order valence-electron chi connectivity index (χ2n) is 7.75. The van der Waals surface area contributed by atoms with Crippen LogP contribution in [0.2, 0.25) is 0 Å². The minimum atomic E-state index is -3.61. The second-order valence-corrected chi connectivity index (χ2v) is 9.59. The van der Waals surface area contributed by atoms with Crippen molar-refractivity contribution in [2.45, 2.75) is 70.1 Å². The molecule has 0 bridgehead atoms. The molecule has 5 heteroatoms. The van der Waals surface area contributed by atoms with Gasteiger partial charge in [-0.1, -0.05) is 63.1 Å². The Morgan fingerprint density at radius 3 is 1.97 bits per heavy atom. The van der Waals surface area contributed by atoms with Crippen LogP contribution in [0.15, 0.2) is 58.5 Å². The predicted octanol–water partition coefficient (Wildman–Crippen LogP) is 5.56. The highest BCUT2D eigenvalue weighted by Crippen LogP contribution is 2.23. The molecule has 0 amide bonds. The van der Waals surface area contributed by atoms with Gasteiger partial charge >= 0.3 is 0 Å². The van der Waals surface area contributed by atoms with Crippen LogP contribution < -0.4 is 0 Å². The minimum Gasteiger partial charge on any atom is -0.200 e. The average Bonchev–Trinajstić information content (AvgIpc) is 2.77. The summed E-state index contributed by atoms with van der Waals surface area (Å²) in [4.78, 5) is 0.317. The van der Waals surface area contributed by atoms with Gasteiger partial charge in [0.05, 0.1) is 17.2 Å². The van der Waals surface area contributed by atoms with E-state index in [1.54, 1.807) is 12.1 Å². The van der Waals surface area contributed by atoms with Crippen LogP contribution in [0.3, 0.4) is 0 Å². The number of hydrazone groups is 1. The van der Waals surface area contributed by atoms with Crippen molar-refractivity contribution in [2.75, 3.05) is 6.54 Å². The van der Waals surface area contributed by atoms with Crippen molar-refractivity contribution >= 4 is 15.7 Å². The van der Waals surface area contributed by atoms with Crippen LogP contribution in [0, 0.1) is 0 Å². The molecule has 4 nitrogen and oxygen atoms in total. The van der Waals surface area contributed by atoms with Gasteiger partial charge in [0.15, 0.2) is 0 Å². The van der Waals surface area contributed by atoms with Crippen molar-refractivity contribution in [1.29, 1.82) is 0 Å². The number of hydrogen-bond donors (Lipinski definition) is 0. The molecular weight excluding hydrogens is 380 g/mol. The molecule has 3 rings (SSSR count). The maximum Gasteiger partial charge on any atom is 0.279 e. The van der Waals surface area contributed by atoms with Crippen molar-refractivity contribution < 1.29 is 8.42 Å². The number of hydrogen-bond acceptors (Lipinski definition) is 3. The smallest absolute Gasteiger partial charge is 0.200 e. The van der Waals surface area contributed by atoms with E-state index in [-0.39, 0.29) is 0 Å². The van der Waals surface area contributed by atoms with Gasteiger partial charge in [0.1, 0.15) is 0 Å². The fourth-order valence-electron chi connectivity index (χ4n) is 3.57. The zero-order valence-electron chi connectivity index (χ0n) is 17.6. The SMILES string of the molecule is CCCCc1ccc(C2=NN(S(=O)(=O)c3ccc(CCCC)cc3)CCC2)cc1. The summed E-state index contributed by atoms with van der Waals surface area (Å²) in [6.45, 7) is 4.78. The molecule has 156 valence electrons. The average molecular weight is 413 g/mol. The van der Waals surface area contributed by atoms with Crippen LogP contribution in [0.4, 0.5) is 0 Å². The third-order valence-electron chi connectivity index (χ3n) is 5.42. The zero-order chi connectivity index (χ0) is 20.7. The van der Waals surface area contributed by atoms with E-state index in [4.69, 9.17) is 0 Å². The lowest BCUT2D eigenvalue weighted by molar-refractivity contribution is 0.410. The number of nitrogens with zero attached hydrogens (tertiary/aromatic N) is 2. The highest BCUT2D eigenvalue weighted by molar-refractivity contribution is 7.89. The topological polar surface area (TPSA) is 49.7 Å². The molecule has 0 aromatic heterocycles. The summed E-state index contributed by atoms with van der Waals surface area (Å²) in [6.07, 6.45) is 8.26. The number of sulfonamides is 1. The molecule has 1 heterocycles. The molecule has 0 saturated carbocycles. The van der Waals surface area contributed by atoms with E-state index in [0.29, 0.717) is 11.4 Å². The Morgan fingerprint density at radius 1 is 0.862 bits per heavy atom. The standard InChI is InChI=1S/C24H32N2O2S/c1-3-5-8-20-11-15-22(16-12-20)24-10-7-19-26(25-24)29(27,28)23-17-13-21(14-18-23)9-6-4-2/h11-18H,3-10,19H2,1-2H3. The zero-order valence-corrected chi connectivity index (χ0v) is 18.4. The lowest BCUT2D eigenvalue weighted by atomic mass is 10.0. The van der Waals surface area contributed by atoms with E-state index >= 15 is 0 Å². The maximum absolute atomic E-state index is 13.1. The summed E-state index contributed by atoms with van der Waals surface area (Å²) in [5, 5.41) is 4.53. The first-order chi connectivity index (χ1) is 14.0. The van der Waals surface area contributed by atoms with Gasteiger partial charge in [0, 0.05) is 0 Å². The maximum atomic E-state index is 13.1. The molecule has 1 aliphatic heterocycles. The van der Waals surface area contributed by atoms with E-state index in [9.17, 15) is 8.42 Å². The number of rotatable bonds is 9. The Morgan fingerprint density at radius 2 is 1.41 bits per heavy atom. The van der Waals surface area contributed by atoms with Crippen molar-refractivity contribution in [2.24, 2.45) is 5.10 Å². The van der Waals surface area contributed by atoms with Crippen LogP contribution in [0.5, 0.6) is 0 Å². The highest BCUT2D eigenvalue weighted by Gasteiger charge is 2.26. The van der Waals surface area contributed by atoms with Gasteiger partial charge in [-0.25, -0.2) is 0 Å². The largest absolute Gasteiger partial charge is 0.279 e. The van der Waals surface area contributed by atoms with Gasteiger partial charge in [-0.05, 0) is 67.3 Å². The molecule has 0 radical (unpaired) electrons. The van der Waals surface area contributed by atoms with Crippen molar-refractivity contribution in [3.05, 3.63) is 65.2 Å². The van der Waals surface area contributed by atoms with E-state index < -0.39 is 10.0 Å². The number of unbranched alkanes of at least 4 members (excludes halogenated alkanes) is 2. The van der Waals surface area contributed by atoms with E-state index in [1.807, 2.05) is 12.1 Å². The van der Waals surface area contributed by atoms with E-state index in [2.05, 4.69) is 43.2 Å². The molecule has 0 spiro atoms. The normalized spacial score (nSPS) is 14.7. The first kappa shape index (κ1) is 21.6. The Balaban J connectivity index is 1.77. The quantitative estimate of drug-likeness (QED) is 0.541. The summed E-state index contributed by atoms with van der Waals surface area (Å²) < 4.78 is 27.4.